The molecule has 2 rings (SSSR count). The molecule has 1 atom stereocenters. The molecule has 5 heteroatoms. The quantitative estimate of drug-likeness (QED) is 0.816. The monoisotopic (exact) mass is 289 g/mol. The third-order valence-electron chi connectivity index (χ3n) is 3.15. The van der Waals surface area contributed by atoms with Crippen LogP contribution in [0.1, 0.15) is 37.4 Å². The van der Waals surface area contributed by atoms with E-state index in [0.29, 0.717) is 22.2 Å². The fraction of sp³-hybridized carbons (Fsp3) is 0.538. The molecule has 1 aromatic carbocycles. The Kier molecular flexibility index (Phi) is 5.27. The summed E-state index contributed by atoms with van der Waals surface area (Å²) >= 11 is 11.9. The van der Waals surface area contributed by atoms with Gasteiger partial charge in [-0.2, -0.15) is 5.48 Å². The van der Waals surface area contributed by atoms with Gasteiger partial charge in [-0.25, -0.2) is 0 Å². The van der Waals surface area contributed by atoms with Gasteiger partial charge in [-0.3, -0.25) is 4.84 Å². The molecule has 3 nitrogen and oxygen atoms in total. The van der Waals surface area contributed by atoms with E-state index < -0.39 is 6.10 Å². The summed E-state index contributed by atoms with van der Waals surface area (Å²) < 4.78 is 0. The third kappa shape index (κ3) is 3.84. The van der Waals surface area contributed by atoms with Gasteiger partial charge in [0.2, 0.25) is 0 Å². The minimum absolute atomic E-state index is 0.270. The molecule has 0 bridgehead atoms. The molecular weight excluding hydrogens is 273 g/mol. The van der Waals surface area contributed by atoms with Crippen molar-refractivity contribution in [3.05, 3.63) is 33.8 Å². The van der Waals surface area contributed by atoms with Gasteiger partial charge < -0.3 is 5.11 Å². The standard InChI is InChI=1S/C13H17Cl2NO2/c14-9-5-6-12(15)11(7-9)13(17)8-16-18-10-3-1-2-4-10/h5-7,10,13,16-17H,1-4,8H2. The first-order chi connectivity index (χ1) is 8.66. The second kappa shape index (κ2) is 6.73. The van der Waals surface area contributed by atoms with Gasteiger partial charge in [0.05, 0.1) is 18.8 Å². The van der Waals surface area contributed by atoms with Crippen molar-refractivity contribution in [1.29, 1.82) is 0 Å². The lowest BCUT2D eigenvalue weighted by atomic mass is 10.1. The van der Waals surface area contributed by atoms with Crippen molar-refractivity contribution in [3.63, 3.8) is 0 Å². The van der Waals surface area contributed by atoms with Crippen LogP contribution in [0.3, 0.4) is 0 Å². The van der Waals surface area contributed by atoms with E-state index in [4.69, 9.17) is 28.0 Å². The van der Waals surface area contributed by atoms with Crippen molar-refractivity contribution < 1.29 is 9.94 Å². The minimum Gasteiger partial charge on any atom is -0.387 e. The van der Waals surface area contributed by atoms with E-state index in [9.17, 15) is 5.11 Å². The Hall–Kier alpha value is -0.320. The Morgan fingerprint density at radius 3 is 2.78 bits per heavy atom. The van der Waals surface area contributed by atoms with Crippen molar-refractivity contribution in [2.75, 3.05) is 6.54 Å². The summed E-state index contributed by atoms with van der Waals surface area (Å²) in [6.07, 6.45) is 4.15. The third-order valence-corrected chi connectivity index (χ3v) is 3.73. The van der Waals surface area contributed by atoms with Gasteiger partial charge in [0, 0.05) is 15.6 Å². The van der Waals surface area contributed by atoms with Crippen LogP contribution in [0.4, 0.5) is 0 Å². The largest absolute Gasteiger partial charge is 0.387 e. The van der Waals surface area contributed by atoms with Crippen LogP contribution in [0.15, 0.2) is 18.2 Å². The Morgan fingerprint density at radius 1 is 1.33 bits per heavy atom. The number of halogens is 2. The van der Waals surface area contributed by atoms with E-state index in [1.165, 1.54) is 12.8 Å². The fourth-order valence-electron chi connectivity index (χ4n) is 2.13. The summed E-state index contributed by atoms with van der Waals surface area (Å²) in [6.45, 7) is 0.302. The van der Waals surface area contributed by atoms with E-state index in [1.54, 1.807) is 18.2 Å². The molecule has 2 N–H and O–H groups in total. The Morgan fingerprint density at radius 2 is 2.06 bits per heavy atom. The Labute approximate surface area is 117 Å². The summed E-state index contributed by atoms with van der Waals surface area (Å²) in [7, 11) is 0. The van der Waals surface area contributed by atoms with Crippen molar-refractivity contribution >= 4 is 23.2 Å². The molecule has 100 valence electrons. The van der Waals surface area contributed by atoms with Gasteiger partial charge in [0.1, 0.15) is 0 Å². The highest BCUT2D eigenvalue weighted by molar-refractivity contribution is 6.33. The number of nitrogens with one attached hydrogen (secondary N) is 1. The molecule has 0 radical (unpaired) electrons. The maximum Gasteiger partial charge on any atom is 0.0952 e. The normalized spacial score (nSPS) is 18.2. The van der Waals surface area contributed by atoms with Gasteiger partial charge in [0.25, 0.3) is 0 Å². The fourth-order valence-corrected chi connectivity index (χ4v) is 2.56. The van der Waals surface area contributed by atoms with Gasteiger partial charge in [-0.05, 0) is 31.0 Å². The molecule has 1 fully saturated rings. The van der Waals surface area contributed by atoms with Crippen LogP contribution in [0, 0.1) is 0 Å². The number of hydroxylamine groups is 1. The van der Waals surface area contributed by atoms with Crippen LogP contribution in [-0.2, 0) is 4.84 Å². The predicted octanol–water partition coefficient (Wildman–Crippen LogP) is 3.49. The van der Waals surface area contributed by atoms with Crippen molar-refractivity contribution in [2.24, 2.45) is 0 Å². The molecule has 0 spiro atoms. The molecule has 1 unspecified atom stereocenters. The first-order valence-electron chi connectivity index (χ1n) is 6.18. The number of rotatable bonds is 5. The lowest BCUT2D eigenvalue weighted by Gasteiger charge is -2.16. The lowest BCUT2D eigenvalue weighted by Crippen LogP contribution is -2.26. The number of aliphatic hydroxyl groups is 1. The van der Waals surface area contributed by atoms with Crippen molar-refractivity contribution in [2.45, 2.75) is 37.9 Å². The second-order valence-corrected chi connectivity index (χ2v) is 5.40. The van der Waals surface area contributed by atoms with E-state index >= 15 is 0 Å². The minimum atomic E-state index is -0.724. The topological polar surface area (TPSA) is 41.5 Å². The highest BCUT2D eigenvalue weighted by atomic mass is 35.5. The zero-order valence-corrected chi connectivity index (χ0v) is 11.5. The van der Waals surface area contributed by atoms with E-state index in [-0.39, 0.29) is 6.10 Å². The zero-order valence-electron chi connectivity index (χ0n) is 10.0. The molecule has 0 aromatic heterocycles. The lowest BCUT2D eigenvalue weighted by molar-refractivity contribution is -0.0371. The van der Waals surface area contributed by atoms with Crippen LogP contribution in [-0.4, -0.2) is 17.8 Å². The summed E-state index contributed by atoms with van der Waals surface area (Å²) in [5.74, 6) is 0. The molecule has 1 aliphatic carbocycles. The first kappa shape index (κ1) is 14.1. The van der Waals surface area contributed by atoms with Crippen molar-refractivity contribution in [3.8, 4) is 0 Å². The van der Waals surface area contributed by atoms with E-state index in [2.05, 4.69) is 5.48 Å². The molecule has 0 heterocycles. The van der Waals surface area contributed by atoms with Gasteiger partial charge >= 0.3 is 0 Å². The number of aliphatic hydroxyl groups excluding tert-OH is 1. The summed E-state index contributed by atoms with van der Waals surface area (Å²) in [5.41, 5.74) is 3.44. The van der Waals surface area contributed by atoms with Gasteiger partial charge in [-0.15, -0.1) is 0 Å². The Balaban J connectivity index is 1.83. The number of hydrogen-bond acceptors (Lipinski definition) is 3. The summed E-state index contributed by atoms with van der Waals surface area (Å²) in [5, 5.41) is 11.1. The van der Waals surface area contributed by atoms with Crippen LogP contribution in [0.2, 0.25) is 10.0 Å². The Bertz CT molecular complexity index is 395. The molecular formula is C13H17Cl2NO2. The highest BCUT2D eigenvalue weighted by Gasteiger charge is 2.17. The molecule has 1 aromatic rings. The SMILES string of the molecule is OC(CNOC1CCCC1)c1cc(Cl)ccc1Cl. The second-order valence-electron chi connectivity index (χ2n) is 4.55. The van der Waals surface area contributed by atoms with Crippen LogP contribution < -0.4 is 5.48 Å². The molecule has 0 amide bonds. The summed E-state index contributed by atoms with van der Waals surface area (Å²) in [6, 6.07) is 5.05. The maximum atomic E-state index is 10.0. The first-order valence-corrected chi connectivity index (χ1v) is 6.94. The molecule has 18 heavy (non-hydrogen) atoms. The molecule has 1 aliphatic rings. The summed E-state index contributed by atoms with van der Waals surface area (Å²) in [4.78, 5) is 5.48. The highest BCUT2D eigenvalue weighted by Crippen LogP contribution is 2.26. The number of hydrogen-bond donors (Lipinski definition) is 2. The molecule has 0 aliphatic heterocycles. The van der Waals surface area contributed by atoms with Gasteiger partial charge in [-0.1, -0.05) is 36.0 Å². The van der Waals surface area contributed by atoms with Gasteiger partial charge in [0.15, 0.2) is 0 Å². The smallest absolute Gasteiger partial charge is 0.0952 e. The van der Waals surface area contributed by atoms with Crippen molar-refractivity contribution in [1.82, 2.24) is 5.48 Å². The van der Waals surface area contributed by atoms with Crippen LogP contribution in [0.25, 0.3) is 0 Å². The van der Waals surface area contributed by atoms with E-state index in [0.717, 1.165) is 12.8 Å². The predicted molar refractivity (Wildman–Crippen MR) is 72.8 cm³/mol. The van der Waals surface area contributed by atoms with Crippen LogP contribution in [0.5, 0.6) is 0 Å². The van der Waals surface area contributed by atoms with Crippen LogP contribution >= 0.6 is 23.2 Å². The average Bonchev–Trinajstić information content (AvgIpc) is 2.85. The maximum absolute atomic E-state index is 10.0. The number of benzene rings is 1. The zero-order chi connectivity index (χ0) is 13.0. The molecule has 0 saturated heterocycles. The average molecular weight is 290 g/mol. The molecule has 1 saturated carbocycles. The van der Waals surface area contributed by atoms with E-state index in [1.807, 2.05) is 0 Å².